The van der Waals surface area contributed by atoms with Crippen LogP contribution < -0.4 is 10.9 Å². The minimum atomic E-state index is -0.466. The zero-order valence-electron chi connectivity index (χ0n) is 14.5. The fraction of sp³-hybridized carbons (Fsp3) is 0.222. The van der Waals surface area contributed by atoms with Gasteiger partial charge in [-0.15, -0.1) is 11.3 Å². The van der Waals surface area contributed by atoms with E-state index in [0.29, 0.717) is 26.6 Å². The molecule has 134 valence electrons. The number of hydrogen-bond acceptors (Lipinski definition) is 6. The van der Waals surface area contributed by atoms with Crippen LogP contribution in [0.3, 0.4) is 0 Å². The van der Waals surface area contributed by atoms with Gasteiger partial charge >= 0.3 is 0 Å². The molecule has 3 aromatic rings. The number of nitrogens with one attached hydrogen (secondary N) is 1. The number of carbonyl (C=O) groups is 2. The van der Waals surface area contributed by atoms with Crippen LogP contribution in [0.25, 0.3) is 10.2 Å². The lowest BCUT2D eigenvalue weighted by atomic mass is 10.1. The maximum Gasteiger partial charge on any atom is 0.262 e. The van der Waals surface area contributed by atoms with E-state index in [-0.39, 0.29) is 17.2 Å². The second kappa shape index (κ2) is 7.43. The second-order valence-electron chi connectivity index (χ2n) is 5.78. The van der Waals surface area contributed by atoms with Crippen molar-refractivity contribution < 1.29 is 9.59 Å². The van der Waals surface area contributed by atoms with Crippen molar-refractivity contribution in [3.8, 4) is 0 Å². The lowest BCUT2D eigenvalue weighted by Gasteiger charge is -2.13. The molecule has 0 fully saturated rings. The summed E-state index contributed by atoms with van der Waals surface area (Å²) in [5, 5.41) is 5.23. The lowest BCUT2D eigenvalue weighted by molar-refractivity contribution is -0.115. The number of benzene rings is 1. The second-order valence-corrected chi connectivity index (χ2v) is 7.99. The third kappa shape index (κ3) is 3.71. The Morgan fingerprint density at radius 3 is 2.81 bits per heavy atom. The van der Waals surface area contributed by atoms with Crippen molar-refractivity contribution in [1.29, 1.82) is 0 Å². The summed E-state index contributed by atoms with van der Waals surface area (Å²) in [6.07, 6.45) is 0. The van der Waals surface area contributed by atoms with Crippen molar-refractivity contribution in [2.24, 2.45) is 7.05 Å². The lowest BCUT2D eigenvalue weighted by Crippen LogP contribution is -2.25. The molecule has 1 amide bonds. The number of carbonyl (C=O) groups excluding carboxylic acids is 2. The number of thioether (sulfide) groups is 1. The van der Waals surface area contributed by atoms with E-state index < -0.39 is 5.25 Å². The molecule has 2 heterocycles. The van der Waals surface area contributed by atoms with Gasteiger partial charge < -0.3 is 5.32 Å². The van der Waals surface area contributed by atoms with Crippen LogP contribution >= 0.6 is 23.1 Å². The molecule has 1 aromatic carbocycles. The van der Waals surface area contributed by atoms with Gasteiger partial charge in [0.2, 0.25) is 5.91 Å². The summed E-state index contributed by atoms with van der Waals surface area (Å²) in [5.74, 6) is -0.289. The zero-order valence-corrected chi connectivity index (χ0v) is 16.1. The number of Topliss-reactive ketones (excluding diaryl/α,β-unsaturated/α-hetero) is 1. The Labute approximate surface area is 158 Å². The third-order valence-electron chi connectivity index (χ3n) is 3.85. The van der Waals surface area contributed by atoms with Gasteiger partial charge in [-0.05, 0) is 37.4 Å². The molecule has 0 radical (unpaired) electrons. The summed E-state index contributed by atoms with van der Waals surface area (Å²) >= 11 is 2.62. The summed E-state index contributed by atoms with van der Waals surface area (Å²) in [4.78, 5) is 41.4. The molecule has 1 N–H and O–H groups in total. The van der Waals surface area contributed by atoms with Gasteiger partial charge in [0.05, 0.1) is 10.6 Å². The summed E-state index contributed by atoms with van der Waals surface area (Å²) in [5.41, 5.74) is 0.974. The van der Waals surface area contributed by atoms with Gasteiger partial charge in [-0.3, -0.25) is 19.0 Å². The molecule has 3 rings (SSSR count). The number of fused-ring (bicyclic) bond motifs is 1. The first-order chi connectivity index (χ1) is 12.4. The topological polar surface area (TPSA) is 81.1 Å². The number of hydrogen-bond donors (Lipinski definition) is 1. The molecule has 0 spiro atoms. The summed E-state index contributed by atoms with van der Waals surface area (Å²) in [7, 11) is 1.65. The molecule has 0 aliphatic rings. The van der Waals surface area contributed by atoms with Crippen LogP contribution in [0.4, 0.5) is 5.69 Å². The molecule has 6 nitrogen and oxygen atoms in total. The van der Waals surface area contributed by atoms with Crippen molar-refractivity contribution in [3.05, 3.63) is 51.6 Å². The third-order valence-corrected chi connectivity index (χ3v) is 5.80. The van der Waals surface area contributed by atoms with E-state index in [1.165, 1.54) is 34.6 Å². The van der Waals surface area contributed by atoms with Gasteiger partial charge in [0.15, 0.2) is 10.9 Å². The van der Waals surface area contributed by atoms with Crippen LogP contribution in [0.15, 0.2) is 45.7 Å². The highest BCUT2D eigenvalue weighted by Gasteiger charge is 2.19. The molecular formula is C18H17N3O3S2. The molecule has 2 aromatic heterocycles. The normalized spacial score (nSPS) is 12.1. The van der Waals surface area contributed by atoms with Crippen molar-refractivity contribution in [2.45, 2.75) is 24.3 Å². The van der Waals surface area contributed by atoms with E-state index in [2.05, 4.69) is 10.3 Å². The standard InChI is InChI=1S/C18H17N3O3S2/c1-10(22)12-5-4-6-13(9-12)19-15(23)11(2)26-18-20-16-14(7-8-25-16)17(24)21(18)3/h4-9,11H,1-3H3,(H,19,23). The highest BCUT2D eigenvalue weighted by atomic mass is 32.2. The molecule has 8 heteroatoms. The predicted octanol–water partition coefficient (Wildman–Crippen LogP) is 3.32. The van der Waals surface area contributed by atoms with Crippen LogP contribution in [-0.4, -0.2) is 26.5 Å². The number of anilines is 1. The molecule has 0 aliphatic carbocycles. The summed E-state index contributed by atoms with van der Waals surface area (Å²) in [6, 6.07) is 8.55. The fourth-order valence-corrected chi connectivity index (χ4v) is 4.04. The molecule has 1 unspecified atom stereocenters. The van der Waals surface area contributed by atoms with Gasteiger partial charge in [-0.2, -0.15) is 0 Å². The van der Waals surface area contributed by atoms with Crippen molar-refractivity contribution in [3.63, 3.8) is 0 Å². The van der Waals surface area contributed by atoms with Crippen molar-refractivity contribution in [2.75, 3.05) is 5.32 Å². The van der Waals surface area contributed by atoms with Gasteiger partial charge in [-0.1, -0.05) is 23.9 Å². The minimum absolute atomic E-state index is 0.0630. The first-order valence-corrected chi connectivity index (χ1v) is 9.65. The number of thiophene rings is 1. The molecule has 0 saturated carbocycles. The SMILES string of the molecule is CC(=O)c1cccc(NC(=O)C(C)Sc2nc3sccc3c(=O)n2C)c1. The fourth-order valence-electron chi connectivity index (χ4n) is 2.36. The first-order valence-electron chi connectivity index (χ1n) is 7.89. The number of aromatic nitrogens is 2. The molecular weight excluding hydrogens is 370 g/mol. The van der Waals surface area contributed by atoms with E-state index in [4.69, 9.17) is 0 Å². The maximum absolute atomic E-state index is 12.5. The predicted molar refractivity (Wildman–Crippen MR) is 105 cm³/mol. The molecule has 1 atom stereocenters. The average Bonchev–Trinajstić information content (AvgIpc) is 3.08. The van der Waals surface area contributed by atoms with Gasteiger partial charge in [-0.25, -0.2) is 4.98 Å². The number of ketones is 1. The van der Waals surface area contributed by atoms with Crippen LogP contribution in [-0.2, 0) is 11.8 Å². The summed E-state index contributed by atoms with van der Waals surface area (Å²) < 4.78 is 1.46. The first kappa shape index (κ1) is 18.3. The van der Waals surface area contributed by atoms with E-state index in [9.17, 15) is 14.4 Å². The van der Waals surface area contributed by atoms with E-state index in [1.807, 2.05) is 5.38 Å². The smallest absolute Gasteiger partial charge is 0.262 e. The van der Waals surface area contributed by atoms with Crippen molar-refractivity contribution >= 4 is 50.7 Å². The molecule has 0 saturated heterocycles. The Morgan fingerprint density at radius 1 is 1.31 bits per heavy atom. The Bertz CT molecular complexity index is 1060. The molecule has 0 aliphatic heterocycles. The van der Waals surface area contributed by atoms with Crippen LogP contribution in [0.2, 0.25) is 0 Å². The zero-order chi connectivity index (χ0) is 18.8. The Morgan fingerprint density at radius 2 is 2.08 bits per heavy atom. The average molecular weight is 387 g/mol. The number of nitrogens with zero attached hydrogens (tertiary/aromatic N) is 2. The molecule has 26 heavy (non-hydrogen) atoms. The van der Waals surface area contributed by atoms with Crippen LogP contribution in [0.5, 0.6) is 0 Å². The number of rotatable bonds is 5. The summed E-state index contributed by atoms with van der Waals surface area (Å²) in [6.45, 7) is 3.23. The quantitative estimate of drug-likeness (QED) is 0.413. The van der Waals surface area contributed by atoms with Gasteiger partial charge in [0.1, 0.15) is 4.83 Å². The highest BCUT2D eigenvalue weighted by Crippen LogP contribution is 2.24. The Balaban J connectivity index is 1.77. The monoisotopic (exact) mass is 387 g/mol. The largest absolute Gasteiger partial charge is 0.325 e. The Hall–Kier alpha value is -2.45. The van der Waals surface area contributed by atoms with Crippen molar-refractivity contribution in [1.82, 2.24) is 9.55 Å². The highest BCUT2D eigenvalue weighted by molar-refractivity contribution is 8.00. The minimum Gasteiger partial charge on any atom is -0.325 e. The maximum atomic E-state index is 12.5. The number of amides is 1. The van der Waals surface area contributed by atoms with Gasteiger partial charge in [0.25, 0.3) is 5.56 Å². The van der Waals surface area contributed by atoms with E-state index in [0.717, 1.165) is 0 Å². The molecule has 0 bridgehead atoms. The van der Waals surface area contributed by atoms with Gasteiger partial charge in [0, 0.05) is 18.3 Å². The van der Waals surface area contributed by atoms with Crippen LogP contribution in [0.1, 0.15) is 24.2 Å². The van der Waals surface area contributed by atoms with E-state index >= 15 is 0 Å². The van der Waals surface area contributed by atoms with E-state index in [1.54, 1.807) is 44.3 Å². The Kier molecular flexibility index (Phi) is 5.24. The van der Waals surface area contributed by atoms with Crippen LogP contribution in [0, 0.1) is 0 Å².